The summed E-state index contributed by atoms with van der Waals surface area (Å²) in [6.45, 7) is 5.48. The Kier molecular flexibility index (Phi) is 6.37. The third-order valence-corrected chi connectivity index (χ3v) is 4.46. The number of ether oxygens (including phenoxy) is 2. The third-order valence-electron chi connectivity index (χ3n) is 2.69. The van der Waals surface area contributed by atoms with Crippen molar-refractivity contribution in [2.75, 3.05) is 19.5 Å². The number of carbonyl (C=O) groups is 1. The molecule has 1 rings (SSSR count). The van der Waals surface area contributed by atoms with Gasteiger partial charge in [-0.15, -0.1) is 0 Å². The lowest BCUT2D eigenvalue weighted by atomic mass is 10.2. The van der Waals surface area contributed by atoms with E-state index in [2.05, 4.69) is 5.32 Å². The zero-order valence-corrected chi connectivity index (χ0v) is 14.2. The fourth-order valence-electron chi connectivity index (χ4n) is 1.74. The number of amides is 1. The van der Waals surface area contributed by atoms with Gasteiger partial charge in [0.25, 0.3) is 0 Å². The first-order valence-corrected chi connectivity index (χ1v) is 8.57. The average molecular weight is 329 g/mol. The van der Waals surface area contributed by atoms with Crippen LogP contribution in [-0.2, 0) is 25.9 Å². The molecular formula is C15H23NO5S. The Bertz CT molecular complexity index is 605. The van der Waals surface area contributed by atoms with Crippen molar-refractivity contribution < 1.29 is 22.7 Å². The molecule has 0 heterocycles. The molecule has 0 spiro atoms. The van der Waals surface area contributed by atoms with E-state index < -0.39 is 21.5 Å². The first-order valence-electron chi connectivity index (χ1n) is 6.92. The van der Waals surface area contributed by atoms with Gasteiger partial charge in [-0.25, -0.2) is 13.2 Å². The van der Waals surface area contributed by atoms with E-state index in [-0.39, 0.29) is 23.8 Å². The molecule has 0 aliphatic heterocycles. The molecule has 0 bridgehead atoms. The van der Waals surface area contributed by atoms with Gasteiger partial charge in [0.05, 0.1) is 17.3 Å². The van der Waals surface area contributed by atoms with Crippen LogP contribution in [0.3, 0.4) is 0 Å². The highest BCUT2D eigenvalue weighted by Gasteiger charge is 2.20. The molecular weight excluding hydrogens is 306 g/mol. The average Bonchev–Trinajstić information content (AvgIpc) is 2.41. The summed E-state index contributed by atoms with van der Waals surface area (Å²) in [6.07, 6.45) is -0.586. The molecule has 0 atom stereocenters. The molecule has 0 saturated carbocycles. The summed E-state index contributed by atoms with van der Waals surface area (Å²) < 4.78 is 34.5. The summed E-state index contributed by atoms with van der Waals surface area (Å²) in [5.74, 6) is -0.104. The monoisotopic (exact) mass is 329 g/mol. The number of methoxy groups -OCH3 is 1. The first-order chi connectivity index (χ1) is 10.2. The van der Waals surface area contributed by atoms with Crippen molar-refractivity contribution in [3.05, 3.63) is 29.8 Å². The molecule has 6 nitrogen and oxygen atoms in total. The van der Waals surface area contributed by atoms with E-state index in [4.69, 9.17) is 9.47 Å². The van der Waals surface area contributed by atoms with E-state index in [0.717, 1.165) is 0 Å². The van der Waals surface area contributed by atoms with Gasteiger partial charge in [-0.1, -0.05) is 18.2 Å². The van der Waals surface area contributed by atoms with Gasteiger partial charge in [-0.05, 0) is 32.4 Å². The molecule has 0 unspecified atom stereocenters. The van der Waals surface area contributed by atoms with Crippen LogP contribution in [0.1, 0.15) is 26.3 Å². The van der Waals surface area contributed by atoms with E-state index in [9.17, 15) is 13.2 Å². The first kappa shape index (κ1) is 18.4. The zero-order chi connectivity index (χ0) is 16.8. The van der Waals surface area contributed by atoms with E-state index >= 15 is 0 Å². The number of nitrogens with one attached hydrogen (secondary N) is 1. The summed E-state index contributed by atoms with van der Waals surface area (Å²) in [5, 5.41) is 2.57. The Morgan fingerprint density at radius 2 is 1.86 bits per heavy atom. The molecule has 1 aromatic carbocycles. The maximum absolute atomic E-state index is 12.3. The lowest BCUT2D eigenvalue weighted by molar-refractivity contribution is 0.0523. The summed E-state index contributed by atoms with van der Waals surface area (Å²) in [5.41, 5.74) is -0.0850. The van der Waals surface area contributed by atoms with Gasteiger partial charge in [-0.3, -0.25) is 0 Å². The van der Waals surface area contributed by atoms with Gasteiger partial charge in [0.2, 0.25) is 0 Å². The minimum absolute atomic E-state index is 0.0807. The van der Waals surface area contributed by atoms with E-state index in [0.29, 0.717) is 5.56 Å². The fourth-order valence-corrected chi connectivity index (χ4v) is 3.17. The lowest BCUT2D eigenvalue weighted by Gasteiger charge is -2.20. The molecule has 22 heavy (non-hydrogen) atoms. The Morgan fingerprint density at radius 1 is 1.23 bits per heavy atom. The van der Waals surface area contributed by atoms with Crippen LogP contribution in [0.5, 0.6) is 0 Å². The second-order valence-electron chi connectivity index (χ2n) is 5.77. The normalized spacial score (nSPS) is 12.0. The molecule has 1 N–H and O–H groups in total. The smallest absolute Gasteiger partial charge is 0.407 e. The maximum atomic E-state index is 12.3. The minimum Gasteiger partial charge on any atom is -0.444 e. The molecule has 0 fully saturated rings. The van der Waals surface area contributed by atoms with Crippen LogP contribution >= 0.6 is 0 Å². The van der Waals surface area contributed by atoms with Crippen molar-refractivity contribution in [1.82, 2.24) is 5.32 Å². The number of carbonyl (C=O) groups excluding carboxylic acids is 1. The summed E-state index contributed by atoms with van der Waals surface area (Å²) in [7, 11) is -2.00. The fraction of sp³-hybridized carbons (Fsp3) is 0.533. The van der Waals surface area contributed by atoms with Crippen LogP contribution < -0.4 is 5.32 Å². The predicted molar refractivity (Wildman–Crippen MR) is 83.4 cm³/mol. The van der Waals surface area contributed by atoms with Gasteiger partial charge in [0.15, 0.2) is 9.84 Å². The predicted octanol–water partition coefficient (Wildman–Crippen LogP) is 2.13. The molecule has 1 aromatic rings. The van der Waals surface area contributed by atoms with Crippen LogP contribution in [-0.4, -0.2) is 39.6 Å². The van der Waals surface area contributed by atoms with Crippen molar-refractivity contribution >= 4 is 15.9 Å². The largest absolute Gasteiger partial charge is 0.444 e. The number of hydrogen-bond donors (Lipinski definition) is 1. The molecule has 0 saturated heterocycles. The van der Waals surface area contributed by atoms with Gasteiger partial charge >= 0.3 is 6.09 Å². The number of rotatable bonds is 6. The summed E-state index contributed by atoms with van der Waals surface area (Å²) in [4.78, 5) is 11.9. The van der Waals surface area contributed by atoms with Crippen molar-refractivity contribution in [3.8, 4) is 0 Å². The Hall–Kier alpha value is -1.60. The molecule has 0 aliphatic rings. The molecule has 124 valence electrons. The van der Waals surface area contributed by atoms with Gasteiger partial charge in [0, 0.05) is 13.7 Å². The number of hydrogen-bond acceptors (Lipinski definition) is 5. The Balaban J connectivity index is 2.83. The van der Waals surface area contributed by atoms with Gasteiger partial charge < -0.3 is 14.8 Å². The van der Waals surface area contributed by atoms with E-state index in [1.807, 2.05) is 0 Å². The third kappa shape index (κ3) is 6.03. The second kappa shape index (κ2) is 7.60. The van der Waals surface area contributed by atoms with Crippen LogP contribution in [0.2, 0.25) is 0 Å². The van der Waals surface area contributed by atoms with Crippen LogP contribution in [0.4, 0.5) is 4.79 Å². The Labute approximate surface area is 131 Å². The highest BCUT2D eigenvalue weighted by atomic mass is 32.2. The van der Waals surface area contributed by atoms with Crippen molar-refractivity contribution in [2.24, 2.45) is 0 Å². The quantitative estimate of drug-likeness (QED) is 0.864. The van der Waals surface area contributed by atoms with Crippen molar-refractivity contribution in [3.63, 3.8) is 0 Å². The highest BCUT2D eigenvalue weighted by Crippen LogP contribution is 2.17. The SMILES string of the molecule is COCCS(=O)(=O)c1ccccc1CNC(=O)OC(C)(C)C. The number of alkyl carbamates (subject to hydrolysis) is 1. The molecule has 1 amide bonds. The van der Waals surface area contributed by atoms with Crippen molar-refractivity contribution in [1.29, 1.82) is 0 Å². The molecule has 0 aliphatic carbocycles. The Morgan fingerprint density at radius 3 is 2.45 bits per heavy atom. The highest BCUT2D eigenvalue weighted by molar-refractivity contribution is 7.91. The van der Waals surface area contributed by atoms with E-state index in [1.165, 1.54) is 13.2 Å². The number of benzene rings is 1. The minimum atomic E-state index is -3.45. The molecule has 0 aromatic heterocycles. The van der Waals surface area contributed by atoms with E-state index in [1.54, 1.807) is 39.0 Å². The lowest BCUT2D eigenvalue weighted by Crippen LogP contribution is -2.32. The second-order valence-corrected chi connectivity index (χ2v) is 7.85. The van der Waals surface area contributed by atoms with Crippen molar-refractivity contribution in [2.45, 2.75) is 37.8 Å². The molecule has 0 radical (unpaired) electrons. The summed E-state index contributed by atoms with van der Waals surface area (Å²) in [6, 6.07) is 6.56. The summed E-state index contributed by atoms with van der Waals surface area (Å²) >= 11 is 0. The van der Waals surface area contributed by atoms with Crippen LogP contribution in [0.25, 0.3) is 0 Å². The van der Waals surface area contributed by atoms with Crippen LogP contribution in [0.15, 0.2) is 29.2 Å². The van der Waals surface area contributed by atoms with Gasteiger partial charge in [-0.2, -0.15) is 0 Å². The maximum Gasteiger partial charge on any atom is 0.407 e. The van der Waals surface area contributed by atoms with Gasteiger partial charge in [0.1, 0.15) is 5.60 Å². The zero-order valence-electron chi connectivity index (χ0n) is 13.4. The topological polar surface area (TPSA) is 81.7 Å². The number of sulfone groups is 1. The van der Waals surface area contributed by atoms with Crippen LogP contribution in [0, 0.1) is 0 Å². The standard InChI is InChI=1S/C15H23NO5S/c1-15(2,3)21-14(17)16-11-12-7-5-6-8-13(12)22(18,19)10-9-20-4/h5-8H,9-11H2,1-4H3,(H,16,17). The molecule has 7 heteroatoms.